The predicted octanol–water partition coefficient (Wildman–Crippen LogP) is 2.77. The summed E-state index contributed by atoms with van der Waals surface area (Å²) in [5, 5.41) is 0.949. The van der Waals surface area contributed by atoms with Gasteiger partial charge in [-0.2, -0.15) is 0 Å². The Morgan fingerprint density at radius 1 is 1.12 bits per heavy atom. The lowest BCUT2D eigenvalue weighted by molar-refractivity contribution is 0.0615. The van der Waals surface area contributed by atoms with Crippen LogP contribution in [0.25, 0.3) is 10.9 Å². The maximum absolute atomic E-state index is 12.5. The van der Waals surface area contributed by atoms with Crippen LogP contribution in [0, 0.1) is 0 Å². The maximum atomic E-state index is 12.5. The lowest BCUT2D eigenvalue weighted by Gasteiger charge is -2.42. The molecular formula is C20H28N4O2. The molecule has 6 nitrogen and oxygen atoms in total. The Balaban J connectivity index is 1.30. The number of nitrogens with one attached hydrogen (secondary N) is 1. The van der Waals surface area contributed by atoms with Gasteiger partial charge in [0.05, 0.1) is 0 Å². The van der Waals surface area contributed by atoms with Crippen molar-refractivity contribution in [2.45, 2.75) is 25.8 Å². The van der Waals surface area contributed by atoms with E-state index < -0.39 is 0 Å². The number of likely N-dealkylation sites (N-methyl/N-ethyl adjacent to an activating group) is 1. The van der Waals surface area contributed by atoms with Gasteiger partial charge in [-0.1, -0.05) is 19.1 Å². The van der Waals surface area contributed by atoms with Crippen LogP contribution in [0.5, 0.6) is 5.75 Å². The highest BCUT2D eigenvalue weighted by Gasteiger charge is 2.29. The van der Waals surface area contributed by atoms with Crippen LogP contribution in [0.1, 0.15) is 19.8 Å². The molecule has 3 heterocycles. The van der Waals surface area contributed by atoms with Gasteiger partial charge in [0.2, 0.25) is 0 Å². The first kappa shape index (κ1) is 17.4. The van der Waals surface area contributed by atoms with Crippen LogP contribution in [0.4, 0.5) is 4.79 Å². The summed E-state index contributed by atoms with van der Waals surface area (Å²) in [6.45, 7) is 9.56. The number of aromatic nitrogens is 1. The third-order valence-electron chi connectivity index (χ3n) is 5.84. The number of carbonyl (C=O) groups is 1. The Morgan fingerprint density at radius 3 is 2.58 bits per heavy atom. The van der Waals surface area contributed by atoms with E-state index in [0.717, 1.165) is 56.5 Å². The van der Waals surface area contributed by atoms with Gasteiger partial charge in [-0.15, -0.1) is 0 Å². The van der Waals surface area contributed by atoms with Crippen molar-refractivity contribution < 1.29 is 9.53 Å². The van der Waals surface area contributed by atoms with Crippen molar-refractivity contribution in [2.24, 2.45) is 0 Å². The zero-order chi connectivity index (χ0) is 17.9. The summed E-state index contributed by atoms with van der Waals surface area (Å²) in [6.07, 6.45) is 3.61. The van der Waals surface area contributed by atoms with Crippen molar-refractivity contribution in [3.63, 3.8) is 0 Å². The third kappa shape index (κ3) is 3.57. The minimum absolute atomic E-state index is 0.232. The number of likely N-dealkylation sites (tertiary alicyclic amines) is 1. The van der Waals surface area contributed by atoms with Crippen molar-refractivity contribution in [1.82, 2.24) is 19.7 Å². The Kier molecular flexibility index (Phi) is 5.13. The smallest absolute Gasteiger partial charge is 0.408 e. The fraction of sp³-hybridized carbons (Fsp3) is 0.550. The summed E-state index contributed by atoms with van der Waals surface area (Å²) < 4.78 is 5.65. The second kappa shape index (κ2) is 7.68. The minimum Gasteiger partial charge on any atom is -0.408 e. The average molecular weight is 356 g/mol. The number of ether oxygens (including phenoxy) is 1. The molecular weight excluding hydrogens is 328 g/mol. The van der Waals surface area contributed by atoms with E-state index in [9.17, 15) is 4.79 Å². The number of piperazine rings is 1. The topological polar surface area (TPSA) is 51.8 Å². The Bertz CT molecular complexity index is 743. The number of hydrogen-bond donors (Lipinski definition) is 1. The molecule has 1 N–H and O–H groups in total. The number of fused-ring (bicyclic) bond motifs is 1. The molecule has 0 saturated carbocycles. The van der Waals surface area contributed by atoms with Crippen LogP contribution in [0.15, 0.2) is 30.5 Å². The van der Waals surface area contributed by atoms with Crippen molar-refractivity contribution in [3.8, 4) is 5.75 Å². The molecule has 0 radical (unpaired) electrons. The van der Waals surface area contributed by atoms with Gasteiger partial charge in [-0.25, -0.2) is 4.79 Å². The first-order valence-electron chi connectivity index (χ1n) is 9.74. The average Bonchev–Trinajstić information content (AvgIpc) is 3.11. The summed E-state index contributed by atoms with van der Waals surface area (Å²) in [4.78, 5) is 22.6. The summed E-state index contributed by atoms with van der Waals surface area (Å²) in [5.41, 5.74) is 0.986. The molecule has 0 bridgehead atoms. The second-order valence-corrected chi connectivity index (χ2v) is 7.25. The molecule has 0 atom stereocenters. The van der Waals surface area contributed by atoms with E-state index in [1.54, 1.807) is 6.20 Å². The van der Waals surface area contributed by atoms with Gasteiger partial charge < -0.3 is 19.5 Å². The van der Waals surface area contributed by atoms with Gasteiger partial charge in [-0.3, -0.25) is 4.90 Å². The molecule has 0 aliphatic carbocycles. The van der Waals surface area contributed by atoms with Gasteiger partial charge in [-0.05, 0) is 31.5 Å². The highest BCUT2D eigenvalue weighted by Crippen LogP contribution is 2.26. The number of carbonyl (C=O) groups excluding carboxylic acids is 1. The summed E-state index contributed by atoms with van der Waals surface area (Å²) in [6, 6.07) is 8.48. The molecule has 6 heteroatoms. The molecule has 1 aromatic heterocycles. The van der Waals surface area contributed by atoms with Gasteiger partial charge in [0.25, 0.3) is 0 Å². The van der Waals surface area contributed by atoms with E-state index in [2.05, 4.69) is 21.7 Å². The van der Waals surface area contributed by atoms with Crippen LogP contribution in [-0.4, -0.2) is 77.6 Å². The number of piperidine rings is 1. The fourth-order valence-electron chi connectivity index (χ4n) is 4.15. The molecule has 2 aliphatic rings. The quantitative estimate of drug-likeness (QED) is 0.919. The Morgan fingerprint density at radius 2 is 1.85 bits per heavy atom. The molecule has 2 aliphatic heterocycles. The van der Waals surface area contributed by atoms with E-state index in [1.807, 2.05) is 29.2 Å². The fourth-order valence-corrected chi connectivity index (χ4v) is 4.15. The van der Waals surface area contributed by atoms with E-state index in [0.29, 0.717) is 11.8 Å². The third-order valence-corrected chi connectivity index (χ3v) is 5.84. The van der Waals surface area contributed by atoms with Crippen molar-refractivity contribution >= 4 is 17.0 Å². The molecule has 1 aromatic carbocycles. The molecule has 4 rings (SSSR count). The number of nitrogens with zero attached hydrogens (tertiary/aromatic N) is 3. The van der Waals surface area contributed by atoms with Crippen LogP contribution in [0.3, 0.4) is 0 Å². The van der Waals surface area contributed by atoms with Gasteiger partial charge in [0, 0.05) is 62.4 Å². The number of para-hydroxylation sites is 1. The molecule has 26 heavy (non-hydrogen) atoms. The van der Waals surface area contributed by atoms with Crippen LogP contribution >= 0.6 is 0 Å². The summed E-state index contributed by atoms with van der Waals surface area (Å²) in [7, 11) is 0. The minimum atomic E-state index is -0.232. The molecule has 2 aromatic rings. The van der Waals surface area contributed by atoms with Crippen LogP contribution in [-0.2, 0) is 0 Å². The molecule has 2 fully saturated rings. The molecule has 2 saturated heterocycles. The van der Waals surface area contributed by atoms with Crippen LogP contribution < -0.4 is 4.74 Å². The Labute approximate surface area is 154 Å². The van der Waals surface area contributed by atoms with E-state index in [4.69, 9.17) is 4.74 Å². The number of amides is 1. The second-order valence-electron chi connectivity index (χ2n) is 7.25. The predicted molar refractivity (Wildman–Crippen MR) is 103 cm³/mol. The molecule has 140 valence electrons. The lowest BCUT2D eigenvalue weighted by atomic mass is 10.0. The number of hydrogen-bond acceptors (Lipinski definition) is 4. The van der Waals surface area contributed by atoms with Gasteiger partial charge in [0.15, 0.2) is 5.75 Å². The zero-order valence-electron chi connectivity index (χ0n) is 15.5. The molecule has 0 unspecified atom stereocenters. The number of benzene rings is 1. The van der Waals surface area contributed by atoms with E-state index in [-0.39, 0.29) is 6.09 Å². The van der Waals surface area contributed by atoms with E-state index >= 15 is 0 Å². The van der Waals surface area contributed by atoms with Crippen molar-refractivity contribution in [1.29, 1.82) is 0 Å². The van der Waals surface area contributed by atoms with E-state index in [1.165, 1.54) is 13.1 Å². The number of H-pyrrole nitrogens is 1. The maximum Gasteiger partial charge on any atom is 0.415 e. The number of rotatable bonds is 3. The Hall–Kier alpha value is -2.05. The largest absolute Gasteiger partial charge is 0.415 e. The normalized spacial score (nSPS) is 20.6. The van der Waals surface area contributed by atoms with Gasteiger partial charge >= 0.3 is 6.09 Å². The summed E-state index contributed by atoms with van der Waals surface area (Å²) in [5.74, 6) is 0.614. The van der Waals surface area contributed by atoms with Crippen molar-refractivity contribution in [3.05, 3.63) is 30.5 Å². The summed E-state index contributed by atoms with van der Waals surface area (Å²) >= 11 is 0. The lowest BCUT2D eigenvalue weighted by Crippen LogP contribution is -2.53. The highest BCUT2D eigenvalue weighted by molar-refractivity contribution is 5.88. The standard InChI is InChI=1S/C20H28N4O2/c1-2-22-11-13-23(14-12-22)16-7-9-24(10-8-16)20(25)26-19-15-21-18-6-4-3-5-17(18)19/h3-6,15-16,21H,2,7-14H2,1H3. The van der Waals surface area contributed by atoms with Crippen molar-refractivity contribution in [2.75, 3.05) is 45.8 Å². The number of aromatic amines is 1. The SMILES string of the molecule is CCN1CCN(C2CCN(C(=O)Oc3c[nH]c4ccccc34)CC2)CC1. The zero-order valence-corrected chi connectivity index (χ0v) is 15.5. The molecule has 0 spiro atoms. The highest BCUT2D eigenvalue weighted by atomic mass is 16.6. The van der Waals surface area contributed by atoms with Gasteiger partial charge in [0.1, 0.15) is 0 Å². The molecule has 1 amide bonds. The van der Waals surface area contributed by atoms with Crippen LogP contribution in [0.2, 0.25) is 0 Å². The first-order valence-corrected chi connectivity index (χ1v) is 9.74. The first-order chi connectivity index (χ1) is 12.7. The monoisotopic (exact) mass is 356 g/mol.